The summed E-state index contributed by atoms with van der Waals surface area (Å²) in [7, 11) is 1.58. The van der Waals surface area contributed by atoms with Crippen LogP contribution >= 0.6 is 0 Å². The van der Waals surface area contributed by atoms with Gasteiger partial charge >= 0.3 is 6.09 Å². The van der Waals surface area contributed by atoms with E-state index >= 15 is 0 Å². The molecule has 0 atom stereocenters. The van der Waals surface area contributed by atoms with Gasteiger partial charge in [0.25, 0.3) is 0 Å². The van der Waals surface area contributed by atoms with Crippen LogP contribution in [0.25, 0.3) is 0 Å². The Labute approximate surface area is 146 Å². The van der Waals surface area contributed by atoms with Crippen LogP contribution in [0.3, 0.4) is 0 Å². The van der Waals surface area contributed by atoms with Gasteiger partial charge in [-0.05, 0) is 20.8 Å². The molecule has 0 spiro atoms. The van der Waals surface area contributed by atoms with E-state index < -0.39 is 11.7 Å². The molecular weight excluding hydrogens is 326 g/mol. The molecule has 1 saturated heterocycles. The number of hydrogen-bond donors (Lipinski definition) is 1. The summed E-state index contributed by atoms with van der Waals surface area (Å²) in [5.74, 6) is 0.235. The predicted octanol–water partition coefficient (Wildman–Crippen LogP) is 0.603. The third-order valence-corrected chi connectivity index (χ3v) is 3.62. The Kier molecular flexibility index (Phi) is 5.66. The average Bonchev–Trinajstić information content (AvgIpc) is 2.99. The summed E-state index contributed by atoms with van der Waals surface area (Å²) in [5.41, 5.74) is -0.596. The molecule has 0 radical (unpaired) electrons. The highest BCUT2D eigenvalue weighted by Gasteiger charge is 2.31. The fraction of sp³-hybridized carbons (Fsp3) is 0.625. The summed E-state index contributed by atoms with van der Waals surface area (Å²) < 4.78 is 6.92. The quantitative estimate of drug-likeness (QED) is 0.857. The van der Waals surface area contributed by atoms with Crippen LogP contribution in [0, 0.1) is 0 Å². The van der Waals surface area contributed by atoms with Crippen molar-refractivity contribution in [2.45, 2.75) is 39.3 Å². The fourth-order valence-electron chi connectivity index (χ4n) is 2.36. The van der Waals surface area contributed by atoms with Crippen LogP contribution < -0.4 is 10.2 Å². The average molecular weight is 351 g/mol. The van der Waals surface area contributed by atoms with Crippen molar-refractivity contribution in [2.75, 3.05) is 31.6 Å². The van der Waals surface area contributed by atoms with Gasteiger partial charge in [0, 0.05) is 45.4 Å². The van der Waals surface area contributed by atoms with Crippen LogP contribution in [0.4, 0.5) is 10.6 Å². The van der Waals surface area contributed by atoms with E-state index in [2.05, 4.69) is 10.4 Å². The summed E-state index contributed by atoms with van der Waals surface area (Å²) in [6.45, 7) is 6.49. The lowest BCUT2D eigenvalue weighted by molar-refractivity contribution is -0.121. The summed E-state index contributed by atoms with van der Waals surface area (Å²) in [5, 5.41) is 6.88. The number of anilines is 1. The van der Waals surface area contributed by atoms with Crippen LogP contribution in [0.5, 0.6) is 0 Å². The number of nitrogens with zero attached hydrogens (tertiary/aromatic N) is 4. The largest absolute Gasteiger partial charge is 0.444 e. The molecule has 0 aliphatic carbocycles. The molecule has 9 nitrogen and oxygen atoms in total. The second-order valence-corrected chi connectivity index (χ2v) is 6.81. The van der Waals surface area contributed by atoms with Gasteiger partial charge < -0.3 is 10.1 Å². The Bertz CT molecular complexity index is 649. The van der Waals surface area contributed by atoms with Gasteiger partial charge in [0.15, 0.2) is 5.82 Å². The SMILES string of the molecule is CNC(=O)CCn1ccc(N2CCN(C(=O)OC(C)(C)C)CC2=O)n1. The van der Waals surface area contributed by atoms with Crippen molar-refractivity contribution in [1.82, 2.24) is 20.0 Å². The Morgan fingerprint density at radius 3 is 2.64 bits per heavy atom. The van der Waals surface area contributed by atoms with E-state index in [4.69, 9.17) is 4.74 Å². The Morgan fingerprint density at radius 2 is 2.04 bits per heavy atom. The van der Waals surface area contributed by atoms with Gasteiger partial charge in [-0.3, -0.25) is 24.1 Å². The van der Waals surface area contributed by atoms with E-state index in [1.165, 1.54) is 9.80 Å². The second-order valence-electron chi connectivity index (χ2n) is 6.81. The van der Waals surface area contributed by atoms with Crippen LogP contribution in [-0.4, -0.2) is 64.9 Å². The van der Waals surface area contributed by atoms with Gasteiger partial charge in [-0.25, -0.2) is 4.79 Å². The van der Waals surface area contributed by atoms with E-state index in [0.717, 1.165) is 0 Å². The van der Waals surface area contributed by atoms with Crippen LogP contribution in [0.2, 0.25) is 0 Å². The van der Waals surface area contributed by atoms with Crippen molar-refractivity contribution in [3.63, 3.8) is 0 Å². The first-order chi connectivity index (χ1) is 11.7. The van der Waals surface area contributed by atoms with E-state index in [1.54, 1.807) is 44.8 Å². The zero-order valence-corrected chi connectivity index (χ0v) is 15.1. The lowest BCUT2D eigenvalue weighted by Crippen LogP contribution is -2.53. The molecule has 0 unspecified atom stereocenters. The molecule has 1 N–H and O–H groups in total. The van der Waals surface area contributed by atoms with Crippen molar-refractivity contribution in [2.24, 2.45) is 0 Å². The molecule has 1 aliphatic rings. The van der Waals surface area contributed by atoms with Crippen LogP contribution in [-0.2, 0) is 20.9 Å². The number of carbonyl (C=O) groups excluding carboxylic acids is 3. The van der Waals surface area contributed by atoms with E-state index in [9.17, 15) is 14.4 Å². The molecule has 1 fully saturated rings. The van der Waals surface area contributed by atoms with Gasteiger partial charge in [-0.2, -0.15) is 5.10 Å². The third-order valence-electron chi connectivity index (χ3n) is 3.62. The van der Waals surface area contributed by atoms with E-state index in [0.29, 0.717) is 31.9 Å². The fourth-order valence-corrected chi connectivity index (χ4v) is 2.36. The maximum Gasteiger partial charge on any atom is 0.410 e. The normalized spacial score (nSPS) is 15.3. The van der Waals surface area contributed by atoms with Crippen molar-refractivity contribution in [3.05, 3.63) is 12.3 Å². The predicted molar refractivity (Wildman–Crippen MR) is 91.1 cm³/mol. The third kappa shape index (κ3) is 5.20. The Balaban J connectivity index is 1.93. The smallest absolute Gasteiger partial charge is 0.410 e. The number of hydrogen-bond acceptors (Lipinski definition) is 5. The number of carbonyl (C=O) groups is 3. The number of rotatable bonds is 4. The zero-order valence-electron chi connectivity index (χ0n) is 15.1. The number of aromatic nitrogens is 2. The molecule has 9 heteroatoms. The number of aryl methyl sites for hydroxylation is 1. The van der Waals surface area contributed by atoms with E-state index in [1.807, 2.05) is 0 Å². The second kappa shape index (κ2) is 7.54. The Morgan fingerprint density at radius 1 is 1.32 bits per heavy atom. The first kappa shape index (κ1) is 18.8. The number of nitrogens with one attached hydrogen (secondary N) is 1. The molecule has 0 aromatic carbocycles. The maximum atomic E-state index is 12.4. The molecule has 2 heterocycles. The highest BCUT2D eigenvalue weighted by atomic mass is 16.6. The van der Waals surface area contributed by atoms with Gasteiger partial charge in [0.1, 0.15) is 12.1 Å². The Hall–Kier alpha value is -2.58. The first-order valence-electron chi connectivity index (χ1n) is 8.22. The zero-order chi connectivity index (χ0) is 18.6. The lowest BCUT2D eigenvalue weighted by atomic mass is 10.2. The standard InChI is InChI=1S/C16H25N5O4/c1-16(2,3)25-15(24)19-9-10-21(14(23)11-19)12-5-7-20(18-12)8-6-13(22)17-4/h5,7H,6,8-11H2,1-4H3,(H,17,22). The van der Waals surface area contributed by atoms with Crippen molar-refractivity contribution < 1.29 is 19.1 Å². The summed E-state index contributed by atoms with van der Waals surface area (Å²) >= 11 is 0. The van der Waals surface area contributed by atoms with Crippen LogP contribution in [0.15, 0.2) is 12.3 Å². The van der Waals surface area contributed by atoms with Crippen molar-refractivity contribution in [1.29, 1.82) is 0 Å². The van der Waals surface area contributed by atoms with Crippen molar-refractivity contribution >= 4 is 23.7 Å². The minimum Gasteiger partial charge on any atom is -0.444 e. The number of ether oxygens (including phenoxy) is 1. The van der Waals surface area contributed by atoms with Gasteiger partial charge in [-0.15, -0.1) is 0 Å². The molecule has 138 valence electrons. The van der Waals surface area contributed by atoms with Crippen LogP contribution in [0.1, 0.15) is 27.2 Å². The summed E-state index contributed by atoms with van der Waals surface area (Å²) in [4.78, 5) is 38.6. The van der Waals surface area contributed by atoms with E-state index in [-0.39, 0.29) is 18.4 Å². The molecule has 1 aromatic rings. The molecule has 3 amide bonds. The molecule has 1 aromatic heterocycles. The van der Waals surface area contributed by atoms with Gasteiger partial charge in [-0.1, -0.05) is 0 Å². The molecular formula is C16H25N5O4. The topological polar surface area (TPSA) is 96.8 Å². The number of amides is 3. The minimum absolute atomic E-state index is 0.0417. The molecule has 0 saturated carbocycles. The molecule has 2 rings (SSSR count). The summed E-state index contributed by atoms with van der Waals surface area (Å²) in [6.07, 6.45) is 1.56. The maximum absolute atomic E-state index is 12.4. The summed E-state index contributed by atoms with van der Waals surface area (Å²) in [6, 6.07) is 1.73. The minimum atomic E-state index is -0.596. The highest BCUT2D eigenvalue weighted by Crippen LogP contribution is 2.17. The van der Waals surface area contributed by atoms with Gasteiger partial charge in [0.05, 0.1) is 0 Å². The van der Waals surface area contributed by atoms with Gasteiger partial charge in [0.2, 0.25) is 11.8 Å². The van der Waals surface area contributed by atoms with Crippen molar-refractivity contribution in [3.8, 4) is 0 Å². The first-order valence-corrected chi connectivity index (χ1v) is 8.22. The molecule has 25 heavy (non-hydrogen) atoms. The molecule has 0 bridgehead atoms. The monoisotopic (exact) mass is 351 g/mol. The number of piperazine rings is 1. The molecule has 1 aliphatic heterocycles. The lowest BCUT2D eigenvalue weighted by Gasteiger charge is -2.34. The highest BCUT2D eigenvalue weighted by molar-refractivity contribution is 5.96.